The Kier molecular flexibility index (Phi) is 5.89. The SMILES string of the molecule is COC(=O)c1ccc(OC(=O)CN(C)S(=O)(=O)c2ccccc2)cc1. The smallest absolute Gasteiger partial charge is 0.337 e. The zero-order valence-corrected chi connectivity index (χ0v) is 14.5. The largest absolute Gasteiger partial charge is 0.465 e. The van der Waals surface area contributed by atoms with E-state index < -0.39 is 28.5 Å². The highest BCUT2D eigenvalue weighted by Gasteiger charge is 2.23. The number of nitrogens with zero attached hydrogens (tertiary/aromatic N) is 1. The van der Waals surface area contributed by atoms with E-state index in [-0.39, 0.29) is 10.6 Å². The number of carbonyl (C=O) groups excluding carboxylic acids is 2. The molecule has 0 heterocycles. The van der Waals surface area contributed by atoms with E-state index in [1.807, 2.05) is 0 Å². The van der Waals surface area contributed by atoms with Crippen LogP contribution in [0.1, 0.15) is 10.4 Å². The summed E-state index contributed by atoms with van der Waals surface area (Å²) in [6, 6.07) is 13.5. The molecular formula is C17H17NO6S. The molecule has 132 valence electrons. The lowest BCUT2D eigenvalue weighted by molar-refractivity contribution is -0.134. The minimum Gasteiger partial charge on any atom is -0.465 e. The Bertz CT molecular complexity index is 846. The highest BCUT2D eigenvalue weighted by atomic mass is 32.2. The van der Waals surface area contributed by atoms with Crippen LogP contribution in [0.4, 0.5) is 0 Å². The first-order chi connectivity index (χ1) is 11.8. The molecule has 7 nitrogen and oxygen atoms in total. The molecule has 0 radical (unpaired) electrons. The molecule has 2 aromatic rings. The average Bonchev–Trinajstić information content (AvgIpc) is 2.62. The summed E-state index contributed by atoms with van der Waals surface area (Å²) < 4.78 is 35.2. The Labute approximate surface area is 145 Å². The number of sulfonamides is 1. The second-order valence-corrected chi connectivity index (χ2v) is 7.11. The van der Waals surface area contributed by atoms with Gasteiger partial charge in [0.1, 0.15) is 12.3 Å². The summed E-state index contributed by atoms with van der Waals surface area (Å²) in [5.74, 6) is -1.05. The van der Waals surface area contributed by atoms with Crippen LogP contribution in [-0.2, 0) is 19.6 Å². The number of methoxy groups -OCH3 is 1. The van der Waals surface area contributed by atoms with E-state index in [0.29, 0.717) is 5.56 Å². The number of esters is 2. The maximum absolute atomic E-state index is 12.3. The van der Waals surface area contributed by atoms with E-state index in [2.05, 4.69) is 4.74 Å². The van der Waals surface area contributed by atoms with Crippen molar-refractivity contribution < 1.29 is 27.5 Å². The van der Waals surface area contributed by atoms with Crippen LogP contribution in [0.25, 0.3) is 0 Å². The first kappa shape index (κ1) is 18.6. The van der Waals surface area contributed by atoms with Gasteiger partial charge in [0.05, 0.1) is 17.6 Å². The molecule has 0 saturated heterocycles. The number of hydrogen-bond acceptors (Lipinski definition) is 6. The van der Waals surface area contributed by atoms with Crippen LogP contribution in [0.5, 0.6) is 5.75 Å². The minimum absolute atomic E-state index is 0.0905. The first-order valence-corrected chi connectivity index (χ1v) is 8.69. The van der Waals surface area contributed by atoms with Crippen molar-refractivity contribution in [2.24, 2.45) is 0 Å². The topological polar surface area (TPSA) is 90.0 Å². The predicted octanol–water partition coefficient (Wildman–Crippen LogP) is 1.70. The van der Waals surface area contributed by atoms with Crippen LogP contribution in [0.2, 0.25) is 0 Å². The number of carbonyl (C=O) groups is 2. The molecule has 25 heavy (non-hydrogen) atoms. The number of likely N-dealkylation sites (N-methyl/N-ethyl adjacent to an activating group) is 1. The van der Waals surface area contributed by atoms with Gasteiger partial charge < -0.3 is 9.47 Å². The van der Waals surface area contributed by atoms with Crippen LogP contribution < -0.4 is 4.74 Å². The molecule has 0 aliphatic rings. The van der Waals surface area contributed by atoms with E-state index in [4.69, 9.17) is 4.74 Å². The fraction of sp³-hybridized carbons (Fsp3) is 0.176. The molecule has 8 heteroatoms. The summed E-state index contributed by atoms with van der Waals surface area (Å²) >= 11 is 0. The maximum Gasteiger partial charge on any atom is 0.337 e. The minimum atomic E-state index is -3.78. The van der Waals surface area contributed by atoms with Crippen molar-refractivity contribution in [2.45, 2.75) is 4.90 Å². The Morgan fingerprint density at radius 1 is 1.00 bits per heavy atom. The van der Waals surface area contributed by atoms with E-state index in [1.54, 1.807) is 18.2 Å². The lowest BCUT2D eigenvalue weighted by atomic mass is 10.2. The van der Waals surface area contributed by atoms with Crippen molar-refractivity contribution >= 4 is 22.0 Å². The summed E-state index contributed by atoms with van der Waals surface area (Å²) in [6.07, 6.45) is 0. The fourth-order valence-corrected chi connectivity index (χ4v) is 3.12. The van der Waals surface area contributed by atoms with Crippen LogP contribution in [0.3, 0.4) is 0 Å². The third-order valence-electron chi connectivity index (χ3n) is 3.31. The van der Waals surface area contributed by atoms with Crippen molar-refractivity contribution in [1.29, 1.82) is 0 Å². The standard InChI is InChI=1S/C17H17NO6S/c1-18(25(21,22)15-6-4-3-5-7-15)12-16(19)24-14-10-8-13(9-11-14)17(20)23-2/h3-11H,12H2,1-2H3. The van der Waals surface area contributed by atoms with Gasteiger partial charge in [-0.15, -0.1) is 0 Å². The summed E-state index contributed by atoms with van der Waals surface area (Å²) in [5, 5.41) is 0. The summed E-state index contributed by atoms with van der Waals surface area (Å²) in [6.45, 7) is -0.448. The van der Waals surface area contributed by atoms with Gasteiger partial charge in [-0.05, 0) is 36.4 Å². The Hall–Kier alpha value is -2.71. The van der Waals surface area contributed by atoms with Crippen LogP contribution in [0, 0.1) is 0 Å². The van der Waals surface area contributed by atoms with Crippen molar-refractivity contribution in [3.63, 3.8) is 0 Å². The fourth-order valence-electron chi connectivity index (χ4n) is 1.98. The van der Waals surface area contributed by atoms with Gasteiger partial charge in [-0.25, -0.2) is 13.2 Å². The van der Waals surface area contributed by atoms with Crippen molar-refractivity contribution in [3.8, 4) is 5.75 Å². The second kappa shape index (κ2) is 7.91. The molecule has 0 N–H and O–H groups in total. The highest BCUT2D eigenvalue weighted by Crippen LogP contribution is 2.15. The monoisotopic (exact) mass is 363 g/mol. The summed E-state index contributed by atoms with van der Waals surface area (Å²) in [5.41, 5.74) is 0.311. The molecule has 0 bridgehead atoms. The Morgan fingerprint density at radius 3 is 2.16 bits per heavy atom. The number of hydrogen-bond donors (Lipinski definition) is 0. The molecule has 0 aliphatic carbocycles. The molecule has 0 fully saturated rings. The van der Waals surface area contributed by atoms with E-state index in [0.717, 1.165) is 4.31 Å². The quantitative estimate of drug-likeness (QED) is 0.573. The van der Waals surface area contributed by atoms with Gasteiger partial charge >= 0.3 is 11.9 Å². The zero-order valence-electron chi connectivity index (χ0n) is 13.7. The first-order valence-electron chi connectivity index (χ1n) is 7.25. The lowest BCUT2D eigenvalue weighted by Crippen LogP contribution is -2.34. The van der Waals surface area contributed by atoms with Gasteiger partial charge in [-0.2, -0.15) is 4.31 Å². The van der Waals surface area contributed by atoms with E-state index in [1.165, 1.54) is 50.6 Å². The molecule has 0 aromatic heterocycles. The van der Waals surface area contributed by atoms with Gasteiger partial charge in [0.15, 0.2) is 0 Å². The predicted molar refractivity (Wildman–Crippen MR) is 89.7 cm³/mol. The number of benzene rings is 2. The number of rotatable bonds is 6. The van der Waals surface area contributed by atoms with Crippen molar-refractivity contribution in [3.05, 3.63) is 60.2 Å². The van der Waals surface area contributed by atoms with Gasteiger partial charge in [-0.1, -0.05) is 18.2 Å². The normalized spacial score (nSPS) is 11.2. The van der Waals surface area contributed by atoms with Gasteiger partial charge in [0, 0.05) is 7.05 Å². The van der Waals surface area contributed by atoms with Gasteiger partial charge in [-0.3, -0.25) is 4.79 Å². The van der Waals surface area contributed by atoms with Gasteiger partial charge in [0.25, 0.3) is 0 Å². The van der Waals surface area contributed by atoms with E-state index in [9.17, 15) is 18.0 Å². The van der Waals surface area contributed by atoms with Crippen LogP contribution in [0.15, 0.2) is 59.5 Å². The third-order valence-corrected chi connectivity index (χ3v) is 5.13. The molecule has 2 aromatic carbocycles. The molecule has 0 spiro atoms. The summed E-state index contributed by atoms with van der Waals surface area (Å²) in [4.78, 5) is 23.4. The molecular weight excluding hydrogens is 346 g/mol. The van der Waals surface area contributed by atoms with E-state index >= 15 is 0 Å². The highest BCUT2D eigenvalue weighted by molar-refractivity contribution is 7.89. The molecule has 2 rings (SSSR count). The zero-order chi connectivity index (χ0) is 18.4. The maximum atomic E-state index is 12.3. The van der Waals surface area contributed by atoms with Crippen LogP contribution in [-0.4, -0.2) is 45.4 Å². The molecule has 0 aliphatic heterocycles. The molecule has 0 amide bonds. The Balaban J connectivity index is 2.01. The molecule has 0 atom stereocenters. The Morgan fingerprint density at radius 2 is 1.60 bits per heavy atom. The van der Waals surface area contributed by atoms with Gasteiger partial charge in [0.2, 0.25) is 10.0 Å². The second-order valence-electron chi connectivity index (χ2n) is 5.06. The molecule has 0 saturated carbocycles. The van der Waals surface area contributed by atoms with Crippen molar-refractivity contribution in [2.75, 3.05) is 20.7 Å². The average molecular weight is 363 g/mol. The molecule has 0 unspecified atom stereocenters. The summed E-state index contributed by atoms with van der Waals surface area (Å²) in [7, 11) is -1.22. The van der Waals surface area contributed by atoms with Crippen LogP contribution >= 0.6 is 0 Å². The van der Waals surface area contributed by atoms with Crippen molar-refractivity contribution in [1.82, 2.24) is 4.31 Å². The third kappa shape index (κ3) is 4.65. The number of ether oxygens (including phenoxy) is 2. The lowest BCUT2D eigenvalue weighted by Gasteiger charge is -2.16.